The molecule has 2 aromatic carbocycles. The largest absolute Gasteiger partial charge is 0.489 e. The number of hydrogen-bond donors (Lipinski definition) is 1. The molecule has 31 heavy (non-hydrogen) atoms. The van der Waals surface area contributed by atoms with Crippen LogP contribution in [0.2, 0.25) is 0 Å². The molecule has 0 aliphatic heterocycles. The van der Waals surface area contributed by atoms with E-state index in [1.807, 2.05) is 6.07 Å². The number of aryl methyl sites for hydroxylation is 2. The predicted molar refractivity (Wildman–Crippen MR) is 108 cm³/mol. The van der Waals surface area contributed by atoms with Crippen LogP contribution in [0.3, 0.4) is 0 Å². The number of carbonyl (C=O) groups excluding carboxylic acids is 1. The molecule has 1 aromatic heterocycles. The summed E-state index contributed by atoms with van der Waals surface area (Å²) in [5.74, 6) is -0.371. The first-order valence-corrected chi connectivity index (χ1v) is 9.39. The van der Waals surface area contributed by atoms with Crippen molar-refractivity contribution in [1.29, 1.82) is 5.26 Å². The van der Waals surface area contributed by atoms with Crippen molar-refractivity contribution in [2.75, 3.05) is 5.32 Å². The number of alkyl halides is 3. The second-order valence-electron chi connectivity index (χ2n) is 6.75. The molecule has 0 fully saturated rings. The number of aromatic nitrogens is 2. The zero-order valence-corrected chi connectivity index (χ0v) is 16.8. The Hall–Kier alpha value is -3.80. The molecule has 160 valence electrons. The molecule has 0 bridgehead atoms. The van der Waals surface area contributed by atoms with Crippen molar-refractivity contribution in [3.63, 3.8) is 0 Å². The van der Waals surface area contributed by atoms with Crippen molar-refractivity contribution in [2.24, 2.45) is 0 Å². The Morgan fingerprint density at radius 3 is 2.68 bits per heavy atom. The zero-order valence-electron chi connectivity index (χ0n) is 16.8. The molecule has 0 aliphatic rings. The normalized spacial score (nSPS) is 11.1. The molecular weight excluding hydrogens is 409 g/mol. The zero-order chi connectivity index (χ0) is 22.6. The number of rotatable bonds is 6. The summed E-state index contributed by atoms with van der Waals surface area (Å²) >= 11 is 0. The van der Waals surface area contributed by atoms with Gasteiger partial charge < -0.3 is 10.1 Å². The summed E-state index contributed by atoms with van der Waals surface area (Å²) in [6.45, 7) is 3.46. The molecule has 0 aliphatic carbocycles. The van der Waals surface area contributed by atoms with E-state index in [4.69, 9.17) is 10.00 Å². The van der Waals surface area contributed by atoms with Gasteiger partial charge in [0.2, 0.25) is 0 Å². The van der Waals surface area contributed by atoms with Crippen LogP contribution in [0.4, 0.5) is 18.9 Å². The van der Waals surface area contributed by atoms with Crippen molar-refractivity contribution in [1.82, 2.24) is 9.78 Å². The van der Waals surface area contributed by atoms with E-state index in [2.05, 4.69) is 16.5 Å². The number of ether oxygens (including phenoxy) is 1. The van der Waals surface area contributed by atoms with Gasteiger partial charge >= 0.3 is 6.18 Å². The number of amides is 1. The molecule has 1 heterocycles. The highest BCUT2D eigenvalue weighted by atomic mass is 19.4. The van der Waals surface area contributed by atoms with Crippen LogP contribution >= 0.6 is 0 Å². The van der Waals surface area contributed by atoms with Crippen LogP contribution in [0.1, 0.15) is 39.7 Å². The van der Waals surface area contributed by atoms with Gasteiger partial charge in [0, 0.05) is 12.2 Å². The molecule has 1 N–H and O–H groups in total. The predicted octanol–water partition coefficient (Wildman–Crippen LogP) is 4.93. The van der Waals surface area contributed by atoms with Crippen molar-refractivity contribution in [3.05, 3.63) is 76.6 Å². The molecule has 0 saturated heterocycles. The van der Waals surface area contributed by atoms with Gasteiger partial charge in [-0.1, -0.05) is 12.1 Å². The van der Waals surface area contributed by atoms with Gasteiger partial charge in [0.15, 0.2) is 5.69 Å². The van der Waals surface area contributed by atoms with Gasteiger partial charge in [-0.05, 0) is 55.3 Å². The highest BCUT2D eigenvalue weighted by Crippen LogP contribution is 2.32. The van der Waals surface area contributed by atoms with Gasteiger partial charge in [-0.15, -0.1) is 0 Å². The fourth-order valence-corrected chi connectivity index (χ4v) is 3.04. The summed E-state index contributed by atoms with van der Waals surface area (Å²) < 4.78 is 46.5. The number of carbonyl (C=O) groups is 1. The molecule has 9 heteroatoms. The van der Waals surface area contributed by atoms with E-state index in [-0.39, 0.29) is 13.2 Å². The maximum absolute atomic E-state index is 13.4. The average Bonchev–Trinajstić information content (AvgIpc) is 3.19. The highest BCUT2D eigenvalue weighted by molar-refractivity contribution is 6.05. The Morgan fingerprint density at radius 2 is 2.03 bits per heavy atom. The summed E-state index contributed by atoms with van der Waals surface area (Å²) in [5, 5.41) is 15.1. The lowest BCUT2D eigenvalue weighted by atomic mass is 10.1. The summed E-state index contributed by atoms with van der Waals surface area (Å²) in [6.07, 6.45) is -3.78. The van der Waals surface area contributed by atoms with Gasteiger partial charge in [-0.3, -0.25) is 9.48 Å². The number of anilines is 1. The highest BCUT2D eigenvalue weighted by Gasteiger charge is 2.39. The fourth-order valence-electron chi connectivity index (χ4n) is 3.04. The molecule has 0 unspecified atom stereocenters. The van der Waals surface area contributed by atoms with Crippen LogP contribution in [0.5, 0.6) is 5.75 Å². The molecule has 0 saturated carbocycles. The van der Waals surface area contributed by atoms with Gasteiger partial charge in [0.1, 0.15) is 12.4 Å². The Labute approximate surface area is 176 Å². The third-order valence-corrected chi connectivity index (χ3v) is 4.56. The number of benzene rings is 2. The topological polar surface area (TPSA) is 79.9 Å². The van der Waals surface area contributed by atoms with Crippen LogP contribution in [-0.2, 0) is 19.3 Å². The second kappa shape index (κ2) is 8.92. The number of halogens is 3. The maximum Gasteiger partial charge on any atom is 0.433 e. The summed E-state index contributed by atoms with van der Waals surface area (Å²) in [4.78, 5) is 12.5. The van der Waals surface area contributed by atoms with Gasteiger partial charge in [0.25, 0.3) is 5.91 Å². The summed E-state index contributed by atoms with van der Waals surface area (Å²) in [6, 6.07) is 13.9. The van der Waals surface area contributed by atoms with E-state index in [0.29, 0.717) is 22.6 Å². The smallest absolute Gasteiger partial charge is 0.433 e. The van der Waals surface area contributed by atoms with Crippen molar-refractivity contribution < 1.29 is 22.7 Å². The molecule has 1 amide bonds. The number of hydrogen-bond acceptors (Lipinski definition) is 4. The molecule has 0 radical (unpaired) electrons. The van der Waals surface area contributed by atoms with Crippen LogP contribution < -0.4 is 10.1 Å². The third-order valence-electron chi connectivity index (χ3n) is 4.56. The minimum Gasteiger partial charge on any atom is -0.489 e. The van der Waals surface area contributed by atoms with E-state index in [0.717, 1.165) is 16.4 Å². The van der Waals surface area contributed by atoms with Gasteiger partial charge in [0.05, 0.1) is 23.4 Å². The minimum atomic E-state index is -4.70. The first-order valence-electron chi connectivity index (χ1n) is 9.39. The second-order valence-corrected chi connectivity index (χ2v) is 6.75. The Morgan fingerprint density at radius 1 is 1.26 bits per heavy atom. The Bertz CT molecular complexity index is 1150. The van der Waals surface area contributed by atoms with E-state index >= 15 is 0 Å². The lowest BCUT2D eigenvalue weighted by molar-refractivity contribution is -0.144. The molecule has 3 aromatic rings. The summed E-state index contributed by atoms with van der Waals surface area (Å²) in [5.41, 5.74) is 0.715. The lowest BCUT2D eigenvalue weighted by Crippen LogP contribution is -2.21. The molecular formula is C22H19F3N4O2. The quantitative estimate of drug-likeness (QED) is 0.604. The third kappa shape index (κ3) is 5.04. The van der Waals surface area contributed by atoms with Crippen molar-refractivity contribution in [3.8, 4) is 11.8 Å². The standard InChI is InChI=1S/C22H19F3N4O2/c1-3-29-20(22(23,24)25)18(12-27-29)21(30)28-19-8-7-17(9-14(19)2)31-13-16-6-4-5-15(10-16)11-26/h4-10,12H,3,13H2,1-2H3,(H,28,30). The van der Waals surface area contributed by atoms with E-state index < -0.39 is 23.3 Å². The van der Waals surface area contributed by atoms with Crippen LogP contribution in [0.15, 0.2) is 48.7 Å². The van der Waals surface area contributed by atoms with Crippen LogP contribution in [-0.4, -0.2) is 15.7 Å². The van der Waals surface area contributed by atoms with E-state index in [1.54, 1.807) is 43.3 Å². The maximum atomic E-state index is 13.4. The lowest BCUT2D eigenvalue weighted by Gasteiger charge is -2.13. The van der Waals surface area contributed by atoms with Gasteiger partial charge in [-0.2, -0.15) is 23.5 Å². The number of nitrogens with zero attached hydrogens (tertiary/aromatic N) is 3. The summed E-state index contributed by atoms with van der Waals surface area (Å²) in [7, 11) is 0. The van der Waals surface area contributed by atoms with Crippen molar-refractivity contribution >= 4 is 11.6 Å². The van der Waals surface area contributed by atoms with E-state index in [9.17, 15) is 18.0 Å². The SMILES string of the molecule is CCn1ncc(C(=O)Nc2ccc(OCc3cccc(C#N)c3)cc2C)c1C(F)(F)F. The average molecular weight is 428 g/mol. The van der Waals surface area contributed by atoms with E-state index in [1.165, 1.54) is 6.92 Å². The van der Waals surface area contributed by atoms with Crippen LogP contribution in [0.25, 0.3) is 0 Å². The number of nitriles is 1. The molecule has 3 rings (SSSR count). The molecule has 6 nitrogen and oxygen atoms in total. The van der Waals surface area contributed by atoms with Crippen LogP contribution in [0, 0.1) is 18.3 Å². The van der Waals surface area contributed by atoms with Crippen molar-refractivity contribution in [2.45, 2.75) is 33.2 Å². The first kappa shape index (κ1) is 21.9. The monoisotopic (exact) mass is 428 g/mol. The Balaban J connectivity index is 1.73. The first-order chi connectivity index (χ1) is 14.7. The number of nitrogens with one attached hydrogen (secondary N) is 1. The van der Waals surface area contributed by atoms with Gasteiger partial charge in [-0.25, -0.2) is 0 Å². The minimum absolute atomic E-state index is 0.00946. The molecule has 0 atom stereocenters. The fraction of sp³-hybridized carbons (Fsp3) is 0.227. The Kier molecular flexibility index (Phi) is 6.30. The molecule has 0 spiro atoms.